The fraction of sp³-hybridized carbons (Fsp3) is 0.375. The third-order valence-corrected chi connectivity index (χ3v) is 8.43. The molecule has 1 atom stereocenters. The summed E-state index contributed by atoms with van der Waals surface area (Å²) in [6.45, 7) is 12.8. The van der Waals surface area contributed by atoms with Gasteiger partial charge in [0.05, 0.1) is 10.6 Å². The molecule has 2 amide bonds. The van der Waals surface area contributed by atoms with Crippen molar-refractivity contribution in [3.8, 4) is 0 Å². The van der Waals surface area contributed by atoms with Gasteiger partial charge in [-0.25, -0.2) is 8.42 Å². The molecule has 3 rings (SSSR count). The van der Waals surface area contributed by atoms with Gasteiger partial charge in [-0.2, -0.15) is 0 Å². The molecular weight excluding hydrogens is 522 g/mol. The van der Waals surface area contributed by atoms with Crippen LogP contribution in [0.25, 0.3) is 0 Å². The molecule has 40 heavy (non-hydrogen) atoms. The fourth-order valence-corrected chi connectivity index (χ4v) is 5.96. The molecule has 0 aromatic heterocycles. The van der Waals surface area contributed by atoms with Gasteiger partial charge in [-0.1, -0.05) is 65.7 Å². The first-order valence-corrected chi connectivity index (χ1v) is 14.9. The van der Waals surface area contributed by atoms with Gasteiger partial charge in [0.15, 0.2) is 0 Å². The van der Waals surface area contributed by atoms with E-state index in [-0.39, 0.29) is 17.3 Å². The number of anilines is 1. The van der Waals surface area contributed by atoms with Crippen LogP contribution >= 0.6 is 0 Å². The van der Waals surface area contributed by atoms with E-state index in [2.05, 4.69) is 5.32 Å². The third kappa shape index (κ3) is 7.94. The van der Waals surface area contributed by atoms with Crippen molar-refractivity contribution >= 4 is 27.5 Å². The molecular formula is C32H41N3O4S. The standard InChI is InChI=1S/C32H41N3O4S/c1-23-13-16-28(17-14-23)40(38,39)35(29-18-15-24(2)21-25(29)3)22-30(36)34(20-19-27-11-9-8-10-12-27)26(4)31(37)33-32(5,6)7/h8-18,21,26H,19-20,22H2,1-7H3,(H,33,37)/t26-/m1/s1. The second kappa shape index (κ2) is 12.7. The number of carbonyl (C=O) groups excluding carboxylic acids is 2. The first-order valence-electron chi connectivity index (χ1n) is 13.5. The summed E-state index contributed by atoms with van der Waals surface area (Å²) in [4.78, 5) is 28.8. The summed E-state index contributed by atoms with van der Waals surface area (Å²) in [6.07, 6.45) is 0.522. The van der Waals surface area contributed by atoms with Crippen molar-refractivity contribution in [1.82, 2.24) is 10.2 Å². The Morgan fingerprint density at radius 1 is 0.875 bits per heavy atom. The summed E-state index contributed by atoms with van der Waals surface area (Å²) in [6, 6.07) is 20.9. The molecule has 0 aliphatic rings. The van der Waals surface area contributed by atoms with Gasteiger partial charge in [0.25, 0.3) is 10.0 Å². The largest absolute Gasteiger partial charge is 0.350 e. The van der Waals surface area contributed by atoms with Gasteiger partial charge >= 0.3 is 0 Å². The number of benzene rings is 3. The molecule has 214 valence electrons. The zero-order valence-corrected chi connectivity index (χ0v) is 25.4. The average molecular weight is 564 g/mol. The number of nitrogens with zero attached hydrogens (tertiary/aromatic N) is 2. The molecule has 0 heterocycles. The van der Waals surface area contributed by atoms with Crippen molar-refractivity contribution in [3.63, 3.8) is 0 Å². The molecule has 0 spiro atoms. The normalized spacial score (nSPS) is 12.5. The number of aryl methyl sites for hydroxylation is 3. The third-order valence-electron chi connectivity index (χ3n) is 6.66. The molecule has 3 aromatic rings. The van der Waals surface area contributed by atoms with E-state index in [4.69, 9.17) is 0 Å². The van der Waals surface area contributed by atoms with Gasteiger partial charge < -0.3 is 10.2 Å². The highest BCUT2D eigenvalue weighted by Gasteiger charge is 2.33. The molecule has 0 bridgehead atoms. The molecule has 1 N–H and O–H groups in total. The number of nitrogens with one attached hydrogen (secondary N) is 1. The molecule has 0 saturated carbocycles. The topological polar surface area (TPSA) is 86.8 Å². The van der Waals surface area contributed by atoms with Crippen LogP contribution in [0, 0.1) is 20.8 Å². The van der Waals surface area contributed by atoms with E-state index in [0.29, 0.717) is 12.1 Å². The van der Waals surface area contributed by atoms with E-state index in [1.807, 2.05) is 84.0 Å². The minimum absolute atomic E-state index is 0.0974. The monoisotopic (exact) mass is 563 g/mol. The van der Waals surface area contributed by atoms with Crippen molar-refractivity contribution in [2.75, 3.05) is 17.4 Å². The Kier molecular flexibility index (Phi) is 9.79. The lowest BCUT2D eigenvalue weighted by molar-refractivity contribution is -0.139. The number of amides is 2. The Balaban J connectivity index is 2.02. The summed E-state index contributed by atoms with van der Waals surface area (Å²) >= 11 is 0. The Morgan fingerprint density at radius 3 is 2.05 bits per heavy atom. The molecule has 0 aliphatic carbocycles. The number of carbonyl (C=O) groups is 2. The van der Waals surface area contributed by atoms with E-state index >= 15 is 0 Å². The average Bonchev–Trinajstić information content (AvgIpc) is 2.87. The maximum atomic E-state index is 14.0. The Hall–Kier alpha value is -3.65. The summed E-state index contributed by atoms with van der Waals surface area (Å²) < 4.78 is 29.1. The van der Waals surface area contributed by atoms with Crippen LogP contribution in [-0.2, 0) is 26.0 Å². The predicted molar refractivity (Wildman–Crippen MR) is 161 cm³/mol. The Labute approximate surface area is 239 Å². The van der Waals surface area contributed by atoms with E-state index in [0.717, 1.165) is 22.3 Å². The van der Waals surface area contributed by atoms with E-state index in [1.165, 1.54) is 9.21 Å². The smallest absolute Gasteiger partial charge is 0.264 e. The van der Waals surface area contributed by atoms with Gasteiger partial charge in [-0.15, -0.1) is 0 Å². The van der Waals surface area contributed by atoms with Crippen molar-refractivity contribution in [2.45, 2.75) is 71.4 Å². The van der Waals surface area contributed by atoms with Crippen LogP contribution in [0.1, 0.15) is 49.9 Å². The molecule has 3 aromatic carbocycles. The van der Waals surface area contributed by atoms with Gasteiger partial charge in [-0.3, -0.25) is 13.9 Å². The highest BCUT2D eigenvalue weighted by molar-refractivity contribution is 7.92. The van der Waals surface area contributed by atoms with E-state index < -0.39 is 34.1 Å². The fourth-order valence-electron chi connectivity index (χ4n) is 4.48. The molecule has 0 saturated heterocycles. The quantitative estimate of drug-likeness (QED) is 0.368. The van der Waals surface area contributed by atoms with Crippen LogP contribution in [-0.4, -0.2) is 49.8 Å². The van der Waals surface area contributed by atoms with Crippen LogP contribution < -0.4 is 9.62 Å². The minimum Gasteiger partial charge on any atom is -0.350 e. The van der Waals surface area contributed by atoms with E-state index in [1.54, 1.807) is 37.3 Å². The lowest BCUT2D eigenvalue weighted by atomic mass is 10.1. The summed E-state index contributed by atoms with van der Waals surface area (Å²) in [7, 11) is -4.09. The summed E-state index contributed by atoms with van der Waals surface area (Å²) in [5.74, 6) is -0.753. The van der Waals surface area contributed by atoms with Crippen LogP contribution in [0.5, 0.6) is 0 Å². The molecule has 0 unspecified atom stereocenters. The first kappa shape index (κ1) is 30.9. The van der Waals surface area contributed by atoms with Crippen LogP contribution in [0.3, 0.4) is 0 Å². The number of sulfonamides is 1. The highest BCUT2D eigenvalue weighted by atomic mass is 32.2. The molecule has 7 nitrogen and oxygen atoms in total. The second-order valence-corrected chi connectivity index (χ2v) is 13.2. The first-order chi connectivity index (χ1) is 18.7. The highest BCUT2D eigenvalue weighted by Crippen LogP contribution is 2.28. The van der Waals surface area contributed by atoms with Gasteiger partial charge in [0, 0.05) is 12.1 Å². The predicted octanol–water partition coefficient (Wildman–Crippen LogP) is 5.18. The van der Waals surface area contributed by atoms with Gasteiger partial charge in [0.2, 0.25) is 11.8 Å². The van der Waals surface area contributed by atoms with Crippen LogP contribution in [0.4, 0.5) is 5.69 Å². The second-order valence-electron chi connectivity index (χ2n) is 11.4. The lowest BCUT2D eigenvalue weighted by Crippen LogP contribution is -2.55. The Morgan fingerprint density at radius 2 is 1.48 bits per heavy atom. The SMILES string of the molecule is Cc1ccc(S(=O)(=O)N(CC(=O)N(CCc2ccccc2)[C@H](C)C(=O)NC(C)(C)C)c2ccc(C)cc2C)cc1. The summed E-state index contributed by atoms with van der Waals surface area (Å²) in [5.41, 5.74) is 3.60. The van der Waals surface area contributed by atoms with Crippen LogP contribution in [0.2, 0.25) is 0 Å². The van der Waals surface area contributed by atoms with Crippen molar-refractivity contribution in [3.05, 3.63) is 95.1 Å². The van der Waals surface area contributed by atoms with Gasteiger partial charge in [0.1, 0.15) is 12.6 Å². The van der Waals surface area contributed by atoms with E-state index in [9.17, 15) is 18.0 Å². The molecule has 0 fully saturated rings. The Bertz CT molecular complexity index is 1430. The van der Waals surface area contributed by atoms with Crippen molar-refractivity contribution in [1.29, 1.82) is 0 Å². The maximum Gasteiger partial charge on any atom is 0.264 e. The number of hydrogen-bond donors (Lipinski definition) is 1. The maximum absolute atomic E-state index is 14.0. The number of hydrogen-bond acceptors (Lipinski definition) is 4. The molecule has 8 heteroatoms. The van der Waals surface area contributed by atoms with Crippen molar-refractivity contribution in [2.24, 2.45) is 0 Å². The zero-order valence-electron chi connectivity index (χ0n) is 24.6. The zero-order chi connectivity index (χ0) is 29.7. The number of rotatable bonds is 10. The summed E-state index contributed by atoms with van der Waals surface area (Å²) in [5, 5.41) is 2.95. The minimum atomic E-state index is -4.09. The molecule has 0 radical (unpaired) electrons. The molecule has 0 aliphatic heterocycles. The lowest BCUT2D eigenvalue weighted by Gasteiger charge is -2.34. The van der Waals surface area contributed by atoms with Crippen LogP contribution in [0.15, 0.2) is 77.7 Å². The van der Waals surface area contributed by atoms with Gasteiger partial charge in [-0.05, 0) is 84.2 Å². The van der Waals surface area contributed by atoms with Crippen molar-refractivity contribution < 1.29 is 18.0 Å².